The fraction of sp³-hybridized carbons (Fsp3) is 0.684. The minimum atomic E-state index is 0.359. The Bertz CT molecular complexity index is 538. The SMILES string of the molecule is OCC[C@@]12CCC[C@H]1[C@@H]1CCc3cc(O)ccc3[C@H]1CC2. The number of benzene rings is 1. The lowest BCUT2D eigenvalue weighted by Crippen LogP contribution is -2.41. The Morgan fingerprint density at radius 1 is 1.14 bits per heavy atom. The van der Waals surface area contributed by atoms with E-state index in [0.717, 1.165) is 24.7 Å². The van der Waals surface area contributed by atoms with Crippen molar-refractivity contribution in [3.05, 3.63) is 29.3 Å². The van der Waals surface area contributed by atoms with Gasteiger partial charge in [0.15, 0.2) is 0 Å². The van der Waals surface area contributed by atoms with Gasteiger partial charge in [-0.25, -0.2) is 0 Å². The summed E-state index contributed by atoms with van der Waals surface area (Å²) < 4.78 is 0. The Morgan fingerprint density at radius 2 is 2.05 bits per heavy atom. The molecule has 3 aliphatic carbocycles. The molecule has 0 spiro atoms. The predicted octanol–water partition coefficient (Wildman–Crippen LogP) is 4.00. The number of hydrogen-bond donors (Lipinski definition) is 2. The highest BCUT2D eigenvalue weighted by molar-refractivity contribution is 5.40. The summed E-state index contributed by atoms with van der Waals surface area (Å²) >= 11 is 0. The Kier molecular flexibility index (Phi) is 3.25. The topological polar surface area (TPSA) is 40.5 Å². The molecule has 2 fully saturated rings. The van der Waals surface area contributed by atoms with Gasteiger partial charge in [0.1, 0.15) is 5.75 Å². The number of aliphatic hydroxyl groups excluding tert-OH is 1. The van der Waals surface area contributed by atoms with Gasteiger partial charge in [0, 0.05) is 6.61 Å². The van der Waals surface area contributed by atoms with Crippen LogP contribution >= 0.6 is 0 Å². The van der Waals surface area contributed by atoms with Crippen LogP contribution in [0.15, 0.2) is 18.2 Å². The third kappa shape index (κ3) is 2.03. The second kappa shape index (κ2) is 5.01. The van der Waals surface area contributed by atoms with Crippen LogP contribution in [0.5, 0.6) is 5.75 Å². The van der Waals surface area contributed by atoms with Crippen molar-refractivity contribution < 1.29 is 10.2 Å². The summed E-state index contributed by atoms with van der Waals surface area (Å²) in [7, 11) is 0. The Morgan fingerprint density at radius 3 is 2.90 bits per heavy atom. The van der Waals surface area contributed by atoms with E-state index in [-0.39, 0.29) is 0 Å². The molecule has 0 aliphatic heterocycles. The zero-order valence-corrected chi connectivity index (χ0v) is 12.7. The molecule has 0 bridgehead atoms. The molecule has 0 aromatic heterocycles. The maximum absolute atomic E-state index is 9.72. The van der Waals surface area contributed by atoms with E-state index in [1.165, 1.54) is 49.7 Å². The van der Waals surface area contributed by atoms with Crippen molar-refractivity contribution in [2.24, 2.45) is 17.3 Å². The first-order valence-electron chi connectivity index (χ1n) is 8.66. The second-order valence-electron chi connectivity index (χ2n) is 7.57. The van der Waals surface area contributed by atoms with Gasteiger partial charge in [-0.05, 0) is 91.4 Å². The standard InChI is InChI=1S/C19H26O2/c20-11-10-19-8-1-2-18(19)17-5-3-13-12-14(21)4-6-15(13)16(17)7-9-19/h4,6,12,16-18,20-21H,1-3,5,7-11H2/t16-,17-,18+,19+/m1/s1. The first-order chi connectivity index (χ1) is 10.2. The van der Waals surface area contributed by atoms with Crippen LogP contribution in [0, 0.1) is 17.3 Å². The summed E-state index contributed by atoms with van der Waals surface area (Å²) in [6.07, 6.45) is 10.0. The molecule has 2 heteroatoms. The van der Waals surface area contributed by atoms with Crippen LogP contribution in [0.1, 0.15) is 62.0 Å². The number of aliphatic hydroxyl groups is 1. The van der Waals surface area contributed by atoms with Crippen molar-refractivity contribution >= 4 is 0 Å². The molecule has 2 saturated carbocycles. The predicted molar refractivity (Wildman–Crippen MR) is 83.4 cm³/mol. The van der Waals surface area contributed by atoms with Crippen molar-refractivity contribution in [3.63, 3.8) is 0 Å². The van der Waals surface area contributed by atoms with Gasteiger partial charge in [-0.1, -0.05) is 12.5 Å². The minimum Gasteiger partial charge on any atom is -0.508 e. The van der Waals surface area contributed by atoms with Crippen molar-refractivity contribution in [1.82, 2.24) is 0 Å². The Hall–Kier alpha value is -1.02. The number of phenolic OH excluding ortho intramolecular Hbond substituents is 1. The van der Waals surface area contributed by atoms with Gasteiger partial charge >= 0.3 is 0 Å². The lowest BCUT2D eigenvalue weighted by atomic mass is 9.54. The van der Waals surface area contributed by atoms with Crippen molar-refractivity contribution in [3.8, 4) is 5.75 Å². The number of rotatable bonds is 2. The molecule has 4 rings (SSSR count). The van der Waals surface area contributed by atoms with Crippen molar-refractivity contribution in [2.75, 3.05) is 6.61 Å². The number of phenols is 1. The van der Waals surface area contributed by atoms with Crippen LogP contribution in [-0.2, 0) is 6.42 Å². The highest BCUT2D eigenvalue weighted by Crippen LogP contribution is 2.62. The zero-order valence-electron chi connectivity index (χ0n) is 12.7. The van der Waals surface area contributed by atoms with Gasteiger partial charge in [-0.2, -0.15) is 0 Å². The van der Waals surface area contributed by atoms with Crippen LogP contribution in [-0.4, -0.2) is 16.8 Å². The van der Waals surface area contributed by atoms with Crippen molar-refractivity contribution in [2.45, 2.75) is 57.3 Å². The van der Waals surface area contributed by atoms with Crippen LogP contribution in [0.4, 0.5) is 0 Å². The Balaban J connectivity index is 1.67. The van der Waals surface area contributed by atoms with Crippen molar-refractivity contribution in [1.29, 1.82) is 0 Å². The number of aryl methyl sites for hydroxylation is 1. The van der Waals surface area contributed by atoms with Crippen LogP contribution in [0.2, 0.25) is 0 Å². The van der Waals surface area contributed by atoms with Gasteiger partial charge in [0.05, 0.1) is 0 Å². The normalized spacial score (nSPS) is 37.7. The fourth-order valence-electron chi connectivity index (χ4n) is 6.02. The van der Waals surface area contributed by atoms with E-state index < -0.39 is 0 Å². The lowest BCUT2D eigenvalue weighted by Gasteiger charge is -2.50. The molecule has 1 aromatic carbocycles. The minimum absolute atomic E-state index is 0.359. The molecule has 2 N–H and O–H groups in total. The summed E-state index contributed by atoms with van der Waals surface area (Å²) in [5, 5.41) is 19.2. The fourth-order valence-corrected chi connectivity index (χ4v) is 6.02. The molecule has 21 heavy (non-hydrogen) atoms. The number of fused-ring (bicyclic) bond motifs is 5. The molecule has 0 heterocycles. The molecular formula is C19H26O2. The average Bonchev–Trinajstić information content (AvgIpc) is 2.90. The first-order valence-corrected chi connectivity index (χ1v) is 8.66. The molecular weight excluding hydrogens is 260 g/mol. The third-order valence-electron chi connectivity index (χ3n) is 6.85. The van der Waals surface area contributed by atoms with E-state index in [4.69, 9.17) is 0 Å². The molecule has 2 nitrogen and oxygen atoms in total. The second-order valence-corrected chi connectivity index (χ2v) is 7.57. The maximum Gasteiger partial charge on any atom is 0.115 e. The van der Waals surface area contributed by atoms with Gasteiger partial charge in [0.25, 0.3) is 0 Å². The summed E-state index contributed by atoms with van der Waals surface area (Å²) in [6, 6.07) is 6.02. The lowest BCUT2D eigenvalue weighted by molar-refractivity contribution is 0.0230. The third-order valence-corrected chi connectivity index (χ3v) is 6.85. The van der Waals surface area contributed by atoms with Gasteiger partial charge < -0.3 is 10.2 Å². The van der Waals surface area contributed by atoms with Gasteiger partial charge in [-0.3, -0.25) is 0 Å². The average molecular weight is 286 g/mol. The van der Waals surface area contributed by atoms with Gasteiger partial charge in [0.2, 0.25) is 0 Å². The highest BCUT2D eigenvalue weighted by Gasteiger charge is 2.52. The zero-order chi connectivity index (χ0) is 14.4. The first kappa shape index (κ1) is 13.6. The summed E-state index contributed by atoms with van der Waals surface area (Å²) in [5.41, 5.74) is 3.34. The molecule has 0 unspecified atom stereocenters. The van der Waals surface area contributed by atoms with E-state index in [1.807, 2.05) is 12.1 Å². The number of hydrogen-bond acceptors (Lipinski definition) is 2. The Labute approximate surface area is 127 Å². The van der Waals surface area contributed by atoms with E-state index in [9.17, 15) is 10.2 Å². The van der Waals surface area contributed by atoms with E-state index in [0.29, 0.717) is 23.7 Å². The summed E-state index contributed by atoms with van der Waals surface area (Å²) in [6.45, 7) is 0.359. The summed E-state index contributed by atoms with van der Waals surface area (Å²) in [4.78, 5) is 0. The quantitative estimate of drug-likeness (QED) is 0.862. The molecule has 4 atom stereocenters. The monoisotopic (exact) mass is 286 g/mol. The maximum atomic E-state index is 9.72. The van der Waals surface area contributed by atoms with Crippen LogP contribution < -0.4 is 0 Å². The molecule has 0 saturated heterocycles. The molecule has 0 amide bonds. The molecule has 0 radical (unpaired) electrons. The van der Waals surface area contributed by atoms with Gasteiger partial charge in [-0.15, -0.1) is 0 Å². The van der Waals surface area contributed by atoms with E-state index >= 15 is 0 Å². The van der Waals surface area contributed by atoms with Crippen LogP contribution in [0.25, 0.3) is 0 Å². The molecule has 1 aromatic rings. The van der Waals surface area contributed by atoms with E-state index in [2.05, 4.69) is 6.07 Å². The highest BCUT2D eigenvalue weighted by atomic mass is 16.3. The smallest absolute Gasteiger partial charge is 0.115 e. The van der Waals surface area contributed by atoms with Crippen LogP contribution in [0.3, 0.4) is 0 Å². The molecule has 3 aliphatic rings. The van der Waals surface area contributed by atoms with E-state index in [1.54, 1.807) is 0 Å². The largest absolute Gasteiger partial charge is 0.508 e. The number of aromatic hydroxyl groups is 1. The summed E-state index contributed by atoms with van der Waals surface area (Å²) in [5.74, 6) is 2.75. The molecule has 114 valence electrons.